The molecular formula is C33H64O2S2. The summed E-state index contributed by atoms with van der Waals surface area (Å²) in [6.45, 7) is 11.6. The van der Waals surface area contributed by atoms with Crippen LogP contribution in [0.4, 0.5) is 0 Å². The van der Waals surface area contributed by atoms with E-state index in [2.05, 4.69) is 34.6 Å². The zero-order valence-electron chi connectivity index (χ0n) is 25.4. The number of rotatable bonds is 27. The molecule has 0 heterocycles. The van der Waals surface area contributed by atoms with Crippen LogP contribution in [0.25, 0.3) is 0 Å². The summed E-state index contributed by atoms with van der Waals surface area (Å²) in [5.74, 6) is 2.35. The predicted molar refractivity (Wildman–Crippen MR) is 173 cm³/mol. The molecule has 5 unspecified atom stereocenters. The number of thiocarbonyl (C=S) groups is 2. The third kappa shape index (κ3) is 21.3. The second kappa shape index (κ2) is 24.8. The van der Waals surface area contributed by atoms with Crippen LogP contribution in [0.2, 0.25) is 0 Å². The van der Waals surface area contributed by atoms with Gasteiger partial charge in [-0.25, -0.2) is 0 Å². The highest BCUT2D eigenvalue weighted by Gasteiger charge is 2.29. The molecule has 220 valence electrons. The predicted octanol–water partition coefficient (Wildman–Crippen LogP) is 12.1. The Balaban J connectivity index is 4.69. The second-order valence-electron chi connectivity index (χ2n) is 12.3. The van der Waals surface area contributed by atoms with E-state index < -0.39 is 0 Å². The fourth-order valence-electron chi connectivity index (χ4n) is 6.21. The number of aliphatic hydroxyl groups excluding tert-OH is 2. The van der Waals surface area contributed by atoms with Gasteiger partial charge >= 0.3 is 0 Å². The maximum absolute atomic E-state index is 10.0. The van der Waals surface area contributed by atoms with E-state index in [0.717, 1.165) is 6.42 Å². The minimum Gasteiger partial charge on any atom is -0.502 e. The van der Waals surface area contributed by atoms with Gasteiger partial charge < -0.3 is 10.2 Å². The molecule has 0 aliphatic carbocycles. The lowest BCUT2D eigenvalue weighted by Gasteiger charge is -2.33. The quantitative estimate of drug-likeness (QED) is 0.0779. The highest BCUT2D eigenvalue weighted by molar-refractivity contribution is 7.80. The van der Waals surface area contributed by atoms with E-state index in [0.29, 0.717) is 42.4 Å². The molecule has 4 heteroatoms. The molecule has 37 heavy (non-hydrogen) atoms. The Labute approximate surface area is 243 Å². The smallest absolute Gasteiger partial charge is 0.156 e. The average molecular weight is 557 g/mol. The minimum atomic E-state index is 0.154. The van der Waals surface area contributed by atoms with E-state index in [-0.39, 0.29) is 10.1 Å². The maximum atomic E-state index is 10.0. The molecule has 2 N–H and O–H groups in total. The topological polar surface area (TPSA) is 40.5 Å². The summed E-state index contributed by atoms with van der Waals surface area (Å²) in [4.78, 5) is 0. The molecule has 0 rings (SSSR count). The van der Waals surface area contributed by atoms with Crippen LogP contribution in [0.1, 0.15) is 169 Å². The summed E-state index contributed by atoms with van der Waals surface area (Å²) in [7, 11) is 0. The molecular weight excluding hydrogens is 492 g/mol. The van der Waals surface area contributed by atoms with Crippen LogP contribution in [0.15, 0.2) is 0 Å². The monoisotopic (exact) mass is 556 g/mol. The number of hydrogen-bond acceptors (Lipinski definition) is 2. The molecule has 0 bridgehead atoms. The van der Waals surface area contributed by atoms with Crippen molar-refractivity contribution in [2.45, 2.75) is 169 Å². The van der Waals surface area contributed by atoms with Crippen molar-refractivity contribution in [1.29, 1.82) is 0 Å². The van der Waals surface area contributed by atoms with Crippen molar-refractivity contribution in [1.82, 2.24) is 0 Å². The van der Waals surface area contributed by atoms with E-state index in [1.807, 2.05) is 0 Å². The molecule has 0 aromatic heterocycles. The summed E-state index contributed by atoms with van der Waals surface area (Å²) >= 11 is 10.3. The Hall–Kier alpha value is -0.220. The van der Waals surface area contributed by atoms with E-state index in [1.54, 1.807) is 0 Å². The standard InChI is InChI=1S/C33H64O2S2/c1-6-8-10-12-14-16-18-20-22-27(3)30(25-32(34)36)24-29(5)31(26-33(35)37)28(4)23-21-19-17-15-13-11-9-7-2/h27-31H,6-26H2,1-5H3,(H,34,36)(H,35,37). The normalized spacial score (nSPS) is 15.7. The van der Waals surface area contributed by atoms with Crippen molar-refractivity contribution < 1.29 is 10.2 Å². The Morgan fingerprint density at radius 1 is 0.514 bits per heavy atom. The van der Waals surface area contributed by atoms with Gasteiger partial charge in [0, 0.05) is 12.8 Å². The van der Waals surface area contributed by atoms with E-state index in [9.17, 15) is 10.2 Å². The van der Waals surface area contributed by atoms with Gasteiger partial charge in [0.25, 0.3) is 0 Å². The largest absolute Gasteiger partial charge is 0.502 e. The first kappa shape index (κ1) is 36.8. The van der Waals surface area contributed by atoms with Crippen LogP contribution >= 0.6 is 24.4 Å². The van der Waals surface area contributed by atoms with E-state index in [1.165, 1.54) is 116 Å². The van der Waals surface area contributed by atoms with Crippen molar-refractivity contribution in [2.24, 2.45) is 29.6 Å². The van der Waals surface area contributed by atoms with Gasteiger partial charge in [-0.15, -0.1) is 0 Å². The summed E-state index contributed by atoms with van der Waals surface area (Å²) in [5.41, 5.74) is 0. The van der Waals surface area contributed by atoms with Crippen LogP contribution in [0.5, 0.6) is 0 Å². The number of unbranched alkanes of at least 4 members (excludes halogenated alkanes) is 14. The summed E-state index contributed by atoms with van der Waals surface area (Å²) in [6, 6.07) is 0. The van der Waals surface area contributed by atoms with Crippen molar-refractivity contribution in [2.75, 3.05) is 0 Å². The Bertz CT molecular complexity index is 550. The van der Waals surface area contributed by atoms with E-state index >= 15 is 0 Å². The summed E-state index contributed by atoms with van der Waals surface area (Å²) in [6.07, 6.45) is 26.3. The molecule has 0 fully saturated rings. The molecule has 0 radical (unpaired) electrons. The van der Waals surface area contributed by atoms with Crippen LogP contribution in [0.3, 0.4) is 0 Å². The first-order valence-corrected chi connectivity index (χ1v) is 17.0. The van der Waals surface area contributed by atoms with Crippen molar-refractivity contribution in [3.8, 4) is 0 Å². The van der Waals surface area contributed by atoms with Gasteiger partial charge in [0.15, 0.2) is 10.1 Å². The number of aliphatic hydroxyl groups is 2. The van der Waals surface area contributed by atoms with Gasteiger partial charge in [0.05, 0.1) is 0 Å². The highest BCUT2D eigenvalue weighted by Crippen LogP contribution is 2.37. The van der Waals surface area contributed by atoms with Crippen LogP contribution in [0, 0.1) is 29.6 Å². The molecule has 2 nitrogen and oxygen atoms in total. The fraction of sp³-hybridized carbons (Fsp3) is 0.939. The first-order chi connectivity index (χ1) is 17.7. The number of hydrogen-bond donors (Lipinski definition) is 2. The molecule has 0 amide bonds. The second-order valence-corrected chi connectivity index (χ2v) is 13.3. The van der Waals surface area contributed by atoms with Gasteiger partial charge in [0.1, 0.15) is 0 Å². The average Bonchev–Trinajstić information content (AvgIpc) is 2.84. The first-order valence-electron chi connectivity index (χ1n) is 16.2. The van der Waals surface area contributed by atoms with Gasteiger partial charge in [-0.2, -0.15) is 0 Å². The van der Waals surface area contributed by atoms with Crippen LogP contribution in [-0.2, 0) is 0 Å². The van der Waals surface area contributed by atoms with Gasteiger partial charge in [-0.1, -0.05) is 150 Å². The lowest BCUT2D eigenvalue weighted by molar-refractivity contribution is 0.180. The SMILES string of the molecule is CCCCCCCCCCC(C)C(CC(O)=S)CC(C)C(CC(O)=S)C(C)CCCCCCCCCC. The molecule has 0 aromatic carbocycles. The molecule has 0 spiro atoms. The van der Waals surface area contributed by atoms with Crippen molar-refractivity contribution in [3.63, 3.8) is 0 Å². The Morgan fingerprint density at radius 3 is 1.30 bits per heavy atom. The summed E-state index contributed by atoms with van der Waals surface area (Å²) in [5, 5.41) is 20.3. The van der Waals surface area contributed by atoms with Gasteiger partial charge in [0.2, 0.25) is 0 Å². The lowest BCUT2D eigenvalue weighted by Crippen LogP contribution is -2.27. The zero-order chi connectivity index (χ0) is 27.9. The van der Waals surface area contributed by atoms with Crippen molar-refractivity contribution >= 4 is 34.5 Å². The third-order valence-corrected chi connectivity index (χ3v) is 9.15. The maximum Gasteiger partial charge on any atom is 0.156 e. The van der Waals surface area contributed by atoms with Crippen LogP contribution < -0.4 is 0 Å². The zero-order valence-corrected chi connectivity index (χ0v) is 27.1. The van der Waals surface area contributed by atoms with Gasteiger partial charge in [-0.05, 0) is 60.4 Å². The Kier molecular flexibility index (Phi) is 24.6. The highest BCUT2D eigenvalue weighted by atomic mass is 32.1. The Morgan fingerprint density at radius 2 is 0.892 bits per heavy atom. The minimum absolute atomic E-state index is 0.154. The van der Waals surface area contributed by atoms with Gasteiger partial charge in [-0.3, -0.25) is 0 Å². The van der Waals surface area contributed by atoms with E-state index in [4.69, 9.17) is 24.4 Å². The fourth-order valence-corrected chi connectivity index (χ4v) is 6.61. The summed E-state index contributed by atoms with van der Waals surface area (Å²) < 4.78 is 0. The molecule has 0 aliphatic heterocycles. The van der Waals surface area contributed by atoms with Crippen LogP contribution in [-0.4, -0.2) is 20.3 Å². The molecule has 0 saturated heterocycles. The molecule has 5 atom stereocenters. The van der Waals surface area contributed by atoms with Crippen molar-refractivity contribution in [3.05, 3.63) is 0 Å². The third-order valence-electron chi connectivity index (χ3n) is 8.81. The molecule has 0 saturated carbocycles. The molecule has 0 aliphatic rings. The molecule has 0 aromatic rings. The lowest BCUT2D eigenvalue weighted by atomic mass is 9.72.